The summed E-state index contributed by atoms with van der Waals surface area (Å²) in [6, 6.07) is 7.63. The van der Waals surface area contributed by atoms with E-state index in [0.717, 1.165) is 11.5 Å². The molecule has 0 amide bonds. The molecule has 0 radical (unpaired) electrons. The molecule has 1 saturated carbocycles. The van der Waals surface area contributed by atoms with Gasteiger partial charge in [-0.15, -0.1) is 0 Å². The minimum atomic E-state index is 0.217. The van der Waals surface area contributed by atoms with Crippen molar-refractivity contribution in [3.8, 4) is 11.5 Å². The molecule has 0 saturated heterocycles. The van der Waals surface area contributed by atoms with Gasteiger partial charge in [-0.1, -0.05) is 25.3 Å². The van der Waals surface area contributed by atoms with Crippen LogP contribution in [0.2, 0.25) is 0 Å². The summed E-state index contributed by atoms with van der Waals surface area (Å²) in [6.45, 7) is 0.809. The van der Waals surface area contributed by atoms with Gasteiger partial charge in [-0.2, -0.15) is 0 Å². The molecule has 1 aromatic rings. The van der Waals surface area contributed by atoms with Crippen molar-refractivity contribution >= 4 is 0 Å². The lowest BCUT2D eigenvalue weighted by Gasteiger charge is -2.28. The van der Waals surface area contributed by atoms with E-state index in [4.69, 9.17) is 9.47 Å². The van der Waals surface area contributed by atoms with Crippen molar-refractivity contribution in [3.63, 3.8) is 0 Å². The molecule has 0 aliphatic heterocycles. The number of hydrogen-bond acceptors (Lipinski definition) is 3. The Labute approximate surface area is 115 Å². The zero-order chi connectivity index (χ0) is 13.5. The molecule has 2 rings (SSSR count). The van der Waals surface area contributed by atoms with Gasteiger partial charge < -0.3 is 14.6 Å². The van der Waals surface area contributed by atoms with Crippen molar-refractivity contribution in [2.45, 2.75) is 32.1 Å². The van der Waals surface area contributed by atoms with Crippen LogP contribution in [0.15, 0.2) is 24.3 Å². The predicted octanol–water partition coefficient (Wildman–Crippen LogP) is 3.26. The molecular formula is C16H24O3. The summed E-state index contributed by atoms with van der Waals surface area (Å²) in [6.07, 6.45) is 6.38. The molecule has 0 spiro atoms. The summed E-state index contributed by atoms with van der Waals surface area (Å²) < 4.78 is 11.0. The van der Waals surface area contributed by atoms with E-state index < -0.39 is 0 Å². The highest BCUT2D eigenvalue weighted by molar-refractivity contribution is 5.32. The highest BCUT2D eigenvalue weighted by Crippen LogP contribution is 2.30. The van der Waals surface area contributed by atoms with E-state index in [1.165, 1.54) is 32.1 Å². The maximum atomic E-state index is 9.55. The molecule has 1 N–H and O–H groups in total. The Morgan fingerprint density at radius 1 is 1.21 bits per heavy atom. The van der Waals surface area contributed by atoms with E-state index in [9.17, 15) is 5.11 Å². The number of aliphatic hydroxyl groups is 1. The van der Waals surface area contributed by atoms with Crippen LogP contribution in [-0.2, 0) is 0 Å². The lowest BCUT2D eigenvalue weighted by molar-refractivity contribution is 0.0982. The highest BCUT2D eigenvalue weighted by Gasteiger charge is 2.23. The number of aliphatic hydroxyl groups excluding tert-OH is 1. The Balaban J connectivity index is 1.87. The SMILES string of the molecule is COc1cccc(OCC(CO)C2CCCCC2)c1. The number of hydrogen-bond donors (Lipinski definition) is 1. The number of rotatable bonds is 6. The highest BCUT2D eigenvalue weighted by atomic mass is 16.5. The summed E-state index contributed by atoms with van der Waals surface area (Å²) in [5.41, 5.74) is 0. The van der Waals surface area contributed by atoms with Gasteiger partial charge in [0.1, 0.15) is 11.5 Å². The maximum Gasteiger partial charge on any atom is 0.123 e. The first-order chi connectivity index (χ1) is 9.33. The Bertz CT molecular complexity index is 372. The van der Waals surface area contributed by atoms with Crippen molar-refractivity contribution in [3.05, 3.63) is 24.3 Å². The summed E-state index contributed by atoms with van der Waals surface area (Å²) in [5.74, 6) is 2.49. The van der Waals surface area contributed by atoms with Crippen LogP contribution in [0.4, 0.5) is 0 Å². The van der Waals surface area contributed by atoms with Gasteiger partial charge in [0.2, 0.25) is 0 Å². The van der Waals surface area contributed by atoms with Gasteiger partial charge in [0.25, 0.3) is 0 Å². The summed E-state index contributed by atoms with van der Waals surface area (Å²) >= 11 is 0. The van der Waals surface area contributed by atoms with Crippen LogP contribution in [0, 0.1) is 11.8 Å². The quantitative estimate of drug-likeness (QED) is 0.857. The van der Waals surface area contributed by atoms with E-state index in [2.05, 4.69) is 0 Å². The molecule has 19 heavy (non-hydrogen) atoms. The Hall–Kier alpha value is -1.22. The second kappa shape index (κ2) is 7.39. The molecule has 1 unspecified atom stereocenters. The minimum absolute atomic E-state index is 0.217. The van der Waals surface area contributed by atoms with Crippen molar-refractivity contribution in [2.24, 2.45) is 11.8 Å². The Morgan fingerprint density at radius 3 is 2.63 bits per heavy atom. The zero-order valence-electron chi connectivity index (χ0n) is 11.7. The van der Waals surface area contributed by atoms with Crippen molar-refractivity contribution in [1.82, 2.24) is 0 Å². The first kappa shape index (κ1) is 14.2. The normalized spacial score (nSPS) is 18.0. The average molecular weight is 264 g/mol. The maximum absolute atomic E-state index is 9.55. The van der Waals surface area contributed by atoms with Gasteiger partial charge in [0, 0.05) is 18.6 Å². The summed E-state index contributed by atoms with van der Waals surface area (Å²) in [4.78, 5) is 0. The van der Waals surface area contributed by atoms with Crippen LogP contribution in [0.5, 0.6) is 11.5 Å². The van der Waals surface area contributed by atoms with E-state index >= 15 is 0 Å². The van der Waals surface area contributed by atoms with Crippen LogP contribution in [-0.4, -0.2) is 25.4 Å². The molecule has 1 aliphatic rings. The molecular weight excluding hydrogens is 240 g/mol. The minimum Gasteiger partial charge on any atom is -0.497 e. The first-order valence-electron chi connectivity index (χ1n) is 7.21. The largest absolute Gasteiger partial charge is 0.497 e. The molecule has 1 aromatic carbocycles. The third-order valence-electron chi connectivity index (χ3n) is 4.06. The molecule has 0 heterocycles. The molecule has 1 atom stereocenters. The second-order valence-corrected chi connectivity index (χ2v) is 5.33. The number of benzene rings is 1. The summed E-state index contributed by atoms with van der Waals surface area (Å²) in [7, 11) is 1.65. The topological polar surface area (TPSA) is 38.7 Å². The second-order valence-electron chi connectivity index (χ2n) is 5.33. The van der Waals surface area contributed by atoms with E-state index in [1.54, 1.807) is 7.11 Å². The van der Waals surface area contributed by atoms with E-state index in [0.29, 0.717) is 12.5 Å². The lowest BCUT2D eigenvalue weighted by atomic mass is 9.81. The fourth-order valence-electron chi connectivity index (χ4n) is 2.84. The molecule has 0 bridgehead atoms. The standard InChI is InChI=1S/C16H24O3/c1-18-15-8-5-9-16(10-15)19-12-14(11-17)13-6-3-2-4-7-13/h5,8-10,13-14,17H,2-4,6-7,11-12H2,1H3. The molecule has 0 aromatic heterocycles. The predicted molar refractivity (Wildman–Crippen MR) is 75.6 cm³/mol. The van der Waals surface area contributed by atoms with Gasteiger partial charge in [0.05, 0.1) is 13.7 Å². The number of methoxy groups -OCH3 is 1. The van der Waals surface area contributed by atoms with Gasteiger partial charge in [-0.25, -0.2) is 0 Å². The van der Waals surface area contributed by atoms with Crippen molar-refractivity contribution < 1.29 is 14.6 Å². The monoisotopic (exact) mass is 264 g/mol. The third-order valence-corrected chi connectivity index (χ3v) is 4.06. The molecule has 3 heteroatoms. The fraction of sp³-hybridized carbons (Fsp3) is 0.625. The first-order valence-corrected chi connectivity index (χ1v) is 7.21. The van der Waals surface area contributed by atoms with Gasteiger partial charge in [-0.05, 0) is 30.9 Å². The van der Waals surface area contributed by atoms with Crippen LogP contribution >= 0.6 is 0 Å². The van der Waals surface area contributed by atoms with Crippen molar-refractivity contribution in [2.75, 3.05) is 20.3 Å². The number of ether oxygens (including phenoxy) is 2. The fourth-order valence-corrected chi connectivity index (χ4v) is 2.84. The Morgan fingerprint density at radius 2 is 1.95 bits per heavy atom. The van der Waals surface area contributed by atoms with E-state index in [1.807, 2.05) is 24.3 Å². The van der Waals surface area contributed by atoms with Gasteiger partial charge in [-0.3, -0.25) is 0 Å². The van der Waals surface area contributed by atoms with Crippen LogP contribution < -0.4 is 9.47 Å². The zero-order valence-corrected chi connectivity index (χ0v) is 11.7. The summed E-state index contributed by atoms with van der Waals surface area (Å²) in [5, 5.41) is 9.55. The van der Waals surface area contributed by atoms with Gasteiger partial charge in [0.15, 0.2) is 0 Å². The smallest absolute Gasteiger partial charge is 0.123 e. The van der Waals surface area contributed by atoms with Crippen LogP contribution in [0.1, 0.15) is 32.1 Å². The average Bonchev–Trinajstić information content (AvgIpc) is 2.49. The van der Waals surface area contributed by atoms with E-state index in [-0.39, 0.29) is 12.5 Å². The Kier molecular flexibility index (Phi) is 5.52. The third kappa shape index (κ3) is 4.13. The van der Waals surface area contributed by atoms with Crippen LogP contribution in [0.3, 0.4) is 0 Å². The lowest BCUT2D eigenvalue weighted by Crippen LogP contribution is -2.26. The molecule has 1 aliphatic carbocycles. The van der Waals surface area contributed by atoms with Crippen molar-refractivity contribution in [1.29, 1.82) is 0 Å². The van der Waals surface area contributed by atoms with Crippen LogP contribution in [0.25, 0.3) is 0 Å². The molecule has 1 fully saturated rings. The molecule has 106 valence electrons. The van der Waals surface area contributed by atoms with Gasteiger partial charge >= 0.3 is 0 Å². The molecule has 3 nitrogen and oxygen atoms in total.